The first-order valence-corrected chi connectivity index (χ1v) is 6.62. The Hall–Kier alpha value is -2.26. The van der Waals surface area contributed by atoms with E-state index in [0.717, 1.165) is 10.7 Å². The third-order valence-corrected chi connectivity index (χ3v) is 4.07. The second-order valence-electron chi connectivity index (χ2n) is 4.87. The van der Waals surface area contributed by atoms with Crippen LogP contribution in [-0.2, 0) is 10.3 Å². The fraction of sp³-hybridized carbons (Fsp3) is 0.455. The van der Waals surface area contributed by atoms with Crippen molar-refractivity contribution in [3.05, 3.63) is 11.9 Å². The predicted octanol–water partition coefficient (Wildman–Crippen LogP) is -1.21. The Bertz CT molecular complexity index is 823. The molecule has 3 heterocycles. The van der Waals surface area contributed by atoms with E-state index in [9.17, 15) is 19.9 Å². The van der Waals surface area contributed by atoms with Crippen molar-refractivity contribution >= 4 is 23.2 Å². The topological polar surface area (TPSA) is 163 Å². The van der Waals surface area contributed by atoms with E-state index in [2.05, 4.69) is 15.1 Å². The number of aliphatic hydroxyl groups excluding tert-OH is 2. The van der Waals surface area contributed by atoms with E-state index in [-0.39, 0.29) is 17.3 Å². The second kappa shape index (κ2) is 4.87. The van der Waals surface area contributed by atoms with E-state index in [4.69, 9.17) is 27.2 Å². The molecule has 2 aromatic rings. The average molecular weight is 345 g/mol. The number of anilines is 1. The van der Waals surface area contributed by atoms with Crippen molar-refractivity contribution in [1.82, 2.24) is 19.6 Å². The van der Waals surface area contributed by atoms with E-state index < -0.39 is 35.4 Å². The highest BCUT2D eigenvalue weighted by atomic mass is 35.5. The molecule has 12 heteroatoms. The van der Waals surface area contributed by atoms with Gasteiger partial charge in [0.15, 0.2) is 0 Å². The number of aromatic nitrogens is 4. The van der Waals surface area contributed by atoms with Gasteiger partial charge in [0.05, 0.1) is 12.8 Å². The number of fused-ring (bicyclic) bond motifs is 1. The zero-order valence-electron chi connectivity index (χ0n) is 11.3. The van der Waals surface area contributed by atoms with E-state index >= 15 is 0 Å². The van der Waals surface area contributed by atoms with Gasteiger partial charge in [0, 0.05) is 0 Å². The Morgan fingerprint density at radius 2 is 2.30 bits per heavy atom. The number of halogens is 2. The van der Waals surface area contributed by atoms with Crippen molar-refractivity contribution in [3.8, 4) is 11.9 Å². The van der Waals surface area contributed by atoms with Gasteiger partial charge in [0.1, 0.15) is 24.0 Å². The number of hydrogen-bond acceptors (Lipinski definition) is 9. The number of aliphatic hydroxyl groups is 2. The normalized spacial score (nSPS) is 33.9. The first-order valence-electron chi connectivity index (χ1n) is 6.25. The van der Waals surface area contributed by atoms with Crippen LogP contribution in [0.25, 0.3) is 5.65 Å². The first-order chi connectivity index (χ1) is 10.8. The van der Waals surface area contributed by atoms with Gasteiger partial charge in [0.2, 0.25) is 17.2 Å². The van der Waals surface area contributed by atoms with Crippen LogP contribution in [0, 0.1) is 11.3 Å². The molecule has 2 unspecified atom stereocenters. The lowest BCUT2D eigenvalue weighted by molar-refractivity contribution is -0.0603. The lowest BCUT2D eigenvalue weighted by Crippen LogP contribution is -2.46. The zero-order chi connectivity index (χ0) is 17.0. The number of alkyl halides is 2. The monoisotopic (exact) mass is 344 g/mol. The molecule has 1 aliphatic heterocycles. The molecular weight excluding hydrogens is 335 g/mol. The van der Waals surface area contributed by atoms with Crippen molar-refractivity contribution < 1.29 is 24.4 Å². The first kappa shape index (κ1) is 15.6. The Kier molecular flexibility index (Phi) is 3.31. The van der Waals surface area contributed by atoms with Crippen molar-refractivity contribution in [1.29, 1.82) is 5.26 Å². The minimum absolute atomic E-state index is 0.221. The number of nitrogens with zero attached hydrogens (tertiary/aromatic N) is 5. The number of ether oxygens (including phenoxy) is 1. The summed E-state index contributed by atoms with van der Waals surface area (Å²) in [7, 11) is 0. The van der Waals surface area contributed by atoms with Crippen LogP contribution in [0.15, 0.2) is 6.20 Å². The maximum absolute atomic E-state index is 14.9. The minimum atomic E-state index is -3.11. The SMILES string of the molecule is N#C[C@@]1(c2cnc3c(O)nc(N)nn23)O[C@H](CO)C(O)C1(F)Cl. The third kappa shape index (κ3) is 1.86. The zero-order valence-corrected chi connectivity index (χ0v) is 12.0. The summed E-state index contributed by atoms with van der Waals surface area (Å²) in [4.78, 5) is 7.24. The standard InChI is InChI=1S/C11H10ClFN6O4/c12-11(13)6(21)4(2-20)23-10(11,3-14)5-1-16-7-8(22)17-9(15)18-19(5)7/h1,4,6,20-21H,2H2,(H3,15,17,18,22)/t4-,6?,10+,11?/m1/s1. The highest BCUT2D eigenvalue weighted by molar-refractivity contribution is 6.24. The van der Waals surface area contributed by atoms with Crippen molar-refractivity contribution in [2.45, 2.75) is 22.9 Å². The molecule has 122 valence electrons. The molecule has 0 radical (unpaired) electrons. The van der Waals surface area contributed by atoms with E-state index in [1.165, 1.54) is 0 Å². The van der Waals surface area contributed by atoms with Crippen molar-refractivity contribution in [2.75, 3.05) is 12.3 Å². The number of imidazole rings is 1. The van der Waals surface area contributed by atoms with Crippen LogP contribution in [-0.4, -0.2) is 58.8 Å². The molecule has 2 aromatic heterocycles. The van der Waals surface area contributed by atoms with Crippen molar-refractivity contribution in [2.24, 2.45) is 0 Å². The van der Waals surface area contributed by atoms with Crippen LogP contribution in [0.4, 0.5) is 10.3 Å². The van der Waals surface area contributed by atoms with Gasteiger partial charge in [-0.1, -0.05) is 11.6 Å². The Labute approximate surface area is 132 Å². The molecule has 3 rings (SSSR count). The summed E-state index contributed by atoms with van der Waals surface area (Å²) < 4.78 is 21.0. The number of aromatic hydroxyl groups is 1. The molecule has 0 aromatic carbocycles. The quantitative estimate of drug-likeness (QED) is 0.489. The van der Waals surface area contributed by atoms with Gasteiger partial charge in [-0.3, -0.25) is 0 Å². The van der Waals surface area contributed by atoms with Crippen LogP contribution in [0.5, 0.6) is 5.88 Å². The number of hydrogen-bond donors (Lipinski definition) is 4. The van der Waals surface area contributed by atoms with Crippen LogP contribution >= 0.6 is 11.6 Å². The molecule has 1 fully saturated rings. The lowest BCUT2D eigenvalue weighted by Gasteiger charge is -2.28. The molecule has 10 nitrogen and oxygen atoms in total. The third-order valence-electron chi connectivity index (χ3n) is 3.58. The fourth-order valence-corrected chi connectivity index (χ4v) is 2.79. The molecule has 0 amide bonds. The Balaban J connectivity index is 2.29. The summed E-state index contributed by atoms with van der Waals surface area (Å²) in [6.45, 7) is -0.776. The number of rotatable bonds is 2. The largest absolute Gasteiger partial charge is 0.491 e. The lowest BCUT2D eigenvalue weighted by atomic mass is 9.93. The van der Waals surface area contributed by atoms with E-state index in [1.54, 1.807) is 6.07 Å². The maximum Gasteiger partial charge on any atom is 0.260 e. The molecular formula is C11H10ClFN6O4. The summed E-state index contributed by atoms with van der Waals surface area (Å²) in [6.07, 6.45) is -2.46. The summed E-state index contributed by atoms with van der Waals surface area (Å²) in [5, 5.41) is 38.9. The van der Waals surface area contributed by atoms with Crippen molar-refractivity contribution in [3.63, 3.8) is 0 Å². The van der Waals surface area contributed by atoms with Gasteiger partial charge in [-0.15, -0.1) is 5.10 Å². The maximum atomic E-state index is 14.9. The molecule has 4 atom stereocenters. The second-order valence-corrected chi connectivity index (χ2v) is 5.42. The van der Waals surface area contributed by atoms with Gasteiger partial charge in [-0.2, -0.15) is 10.2 Å². The van der Waals surface area contributed by atoms with Crippen LogP contribution in [0.2, 0.25) is 0 Å². The molecule has 5 N–H and O–H groups in total. The van der Waals surface area contributed by atoms with Crippen LogP contribution in [0.3, 0.4) is 0 Å². The molecule has 1 saturated heterocycles. The Morgan fingerprint density at radius 1 is 1.61 bits per heavy atom. The predicted molar refractivity (Wildman–Crippen MR) is 71.8 cm³/mol. The van der Waals surface area contributed by atoms with Crippen LogP contribution < -0.4 is 5.73 Å². The summed E-state index contributed by atoms with van der Waals surface area (Å²) in [6, 6.07) is 1.55. The minimum Gasteiger partial charge on any atom is -0.491 e. The highest BCUT2D eigenvalue weighted by Gasteiger charge is 2.69. The summed E-state index contributed by atoms with van der Waals surface area (Å²) >= 11 is 5.73. The smallest absolute Gasteiger partial charge is 0.260 e. The molecule has 0 saturated carbocycles. The number of nitrogens with two attached hydrogens (primary N) is 1. The van der Waals surface area contributed by atoms with E-state index in [0.29, 0.717) is 0 Å². The highest BCUT2D eigenvalue weighted by Crippen LogP contribution is 2.51. The molecule has 0 bridgehead atoms. The average Bonchev–Trinajstić information content (AvgIpc) is 2.99. The van der Waals surface area contributed by atoms with Gasteiger partial charge in [0.25, 0.3) is 11.0 Å². The molecule has 0 aliphatic carbocycles. The number of nitrogen functional groups attached to an aromatic ring is 1. The molecule has 1 aliphatic rings. The summed E-state index contributed by atoms with van der Waals surface area (Å²) in [5.74, 6) is -0.980. The van der Waals surface area contributed by atoms with Gasteiger partial charge >= 0.3 is 0 Å². The van der Waals surface area contributed by atoms with Gasteiger partial charge < -0.3 is 25.8 Å². The Morgan fingerprint density at radius 3 is 2.87 bits per heavy atom. The molecule has 23 heavy (non-hydrogen) atoms. The molecule has 0 spiro atoms. The van der Waals surface area contributed by atoms with E-state index in [1.807, 2.05) is 0 Å². The number of nitriles is 1. The van der Waals surface area contributed by atoms with Gasteiger partial charge in [-0.25, -0.2) is 13.9 Å². The summed E-state index contributed by atoms with van der Waals surface area (Å²) in [5.41, 5.74) is 2.32. The van der Waals surface area contributed by atoms with Crippen LogP contribution in [0.1, 0.15) is 5.69 Å². The van der Waals surface area contributed by atoms with Gasteiger partial charge in [-0.05, 0) is 0 Å². The fourth-order valence-electron chi connectivity index (χ4n) is 2.46.